The van der Waals surface area contributed by atoms with E-state index in [0.29, 0.717) is 18.1 Å². The molecule has 0 saturated heterocycles. The van der Waals surface area contributed by atoms with Crippen LogP contribution in [-0.2, 0) is 10.0 Å². The average molecular weight is 346 g/mol. The van der Waals surface area contributed by atoms with Crippen molar-refractivity contribution in [3.63, 3.8) is 0 Å². The van der Waals surface area contributed by atoms with Gasteiger partial charge in [0.05, 0.1) is 4.90 Å². The minimum absolute atomic E-state index is 0.244. The predicted molar refractivity (Wildman–Crippen MR) is 90.4 cm³/mol. The Kier molecular flexibility index (Phi) is 4.45. The number of aryl methyl sites for hydroxylation is 2. The van der Waals surface area contributed by atoms with E-state index >= 15 is 0 Å². The van der Waals surface area contributed by atoms with Crippen LogP contribution in [0.15, 0.2) is 41.6 Å². The smallest absolute Gasteiger partial charge is 0.254 e. The monoisotopic (exact) mass is 346 g/mol. The van der Waals surface area contributed by atoms with Gasteiger partial charge in [0.25, 0.3) is 5.78 Å². The van der Waals surface area contributed by atoms with E-state index < -0.39 is 10.0 Å². The second kappa shape index (κ2) is 6.54. The Labute approximate surface area is 140 Å². The first kappa shape index (κ1) is 16.3. The van der Waals surface area contributed by atoms with Gasteiger partial charge in [-0.2, -0.15) is 14.6 Å². The fourth-order valence-electron chi connectivity index (χ4n) is 2.23. The number of nitrogens with zero attached hydrogens (tertiary/aromatic N) is 4. The van der Waals surface area contributed by atoms with Gasteiger partial charge in [-0.3, -0.25) is 0 Å². The zero-order valence-electron chi connectivity index (χ0n) is 13.4. The van der Waals surface area contributed by atoms with Crippen molar-refractivity contribution in [2.45, 2.75) is 18.7 Å². The summed E-state index contributed by atoms with van der Waals surface area (Å²) in [6.45, 7) is 4.42. The van der Waals surface area contributed by atoms with Crippen molar-refractivity contribution in [3.05, 3.63) is 47.9 Å². The van der Waals surface area contributed by atoms with Crippen LogP contribution < -0.4 is 10.0 Å². The first-order valence-electron chi connectivity index (χ1n) is 7.43. The van der Waals surface area contributed by atoms with Gasteiger partial charge in [-0.1, -0.05) is 17.7 Å². The summed E-state index contributed by atoms with van der Waals surface area (Å²) in [4.78, 5) is 8.55. The molecule has 0 aliphatic carbocycles. The highest BCUT2D eigenvalue weighted by Crippen LogP contribution is 2.11. The summed E-state index contributed by atoms with van der Waals surface area (Å²) in [6, 6.07) is 8.56. The number of anilines is 1. The van der Waals surface area contributed by atoms with Crippen LogP contribution in [0.3, 0.4) is 0 Å². The van der Waals surface area contributed by atoms with Gasteiger partial charge in [-0.25, -0.2) is 18.1 Å². The Morgan fingerprint density at radius 2 is 1.88 bits per heavy atom. The lowest BCUT2D eigenvalue weighted by atomic mass is 10.2. The minimum atomic E-state index is -3.51. The average Bonchev–Trinajstić information content (AvgIpc) is 3.00. The number of sulfonamides is 1. The predicted octanol–water partition coefficient (Wildman–Crippen LogP) is 1.13. The topological polar surface area (TPSA) is 101 Å². The van der Waals surface area contributed by atoms with Crippen molar-refractivity contribution in [2.24, 2.45) is 0 Å². The van der Waals surface area contributed by atoms with Crippen molar-refractivity contribution in [2.75, 3.05) is 18.4 Å². The van der Waals surface area contributed by atoms with Gasteiger partial charge in [-0.05, 0) is 26.0 Å². The normalized spacial score (nSPS) is 11.8. The fourth-order valence-corrected chi connectivity index (χ4v) is 3.27. The highest BCUT2D eigenvalue weighted by Gasteiger charge is 2.12. The number of hydrogen-bond acceptors (Lipinski definition) is 6. The molecular weight excluding hydrogens is 328 g/mol. The SMILES string of the molecule is Cc1ccc(S(=O)(=O)NCCNc2cc(C)nc3ncnn23)cc1. The standard InChI is InChI=1S/C15H18N6O2S/c1-11-3-5-13(6-4-11)24(22,23)19-8-7-16-14-9-12(2)20-15-17-10-18-21(14)15/h3-6,9-10,16,19H,7-8H2,1-2H3. The molecule has 3 aromatic rings. The van der Waals surface area contributed by atoms with Crippen molar-refractivity contribution in [1.82, 2.24) is 24.3 Å². The Morgan fingerprint density at radius 1 is 1.12 bits per heavy atom. The number of rotatable bonds is 6. The Morgan fingerprint density at radius 3 is 2.62 bits per heavy atom. The molecule has 126 valence electrons. The Hall–Kier alpha value is -2.52. The maximum atomic E-state index is 12.2. The first-order valence-corrected chi connectivity index (χ1v) is 8.92. The molecule has 24 heavy (non-hydrogen) atoms. The van der Waals surface area contributed by atoms with E-state index in [1.54, 1.807) is 28.8 Å². The van der Waals surface area contributed by atoms with Crippen LogP contribution in [-0.4, -0.2) is 41.1 Å². The second-order valence-electron chi connectivity index (χ2n) is 5.39. The third kappa shape index (κ3) is 3.52. The molecule has 3 rings (SSSR count). The number of nitrogens with one attached hydrogen (secondary N) is 2. The molecule has 2 aromatic heterocycles. The van der Waals surface area contributed by atoms with Gasteiger partial charge in [0.1, 0.15) is 12.1 Å². The Balaban J connectivity index is 1.62. The molecule has 0 saturated carbocycles. The van der Waals surface area contributed by atoms with E-state index in [1.165, 1.54) is 6.33 Å². The van der Waals surface area contributed by atoms with Crippen molar-refractivity contribution in [1.29, 1.82) is 0 Å². The van der Waals surface area contributed by atoms with E-state index in [2.05, 4.69) is 25.1 Å². The van der Waals surface area contributed by atoms with E-state index in [-0.39, 0.29) is 11.4 Å². The van der Waals surface area contributed by atoms with Gasteiger partial charge < -0.3 is 5.32 Å². The summed E-state index contributed by atoms with van der Waals surface area (Å²) in [5, 5.41) is 7.23. The number of benzene rings is 1. The summed E-state index contributed by atoms with van der Waals surface area (Å²) in [7, 11) is -3.51. The van der Waals surface area contributed by atoms with E-state index in [0.717, 1.165) is 11.3 Å². The molecule has 0 fully saturated rings. The van der Waals surface area contributed by atoms with E-state index in [1.807, 2.05) is 19.9 Å². The van der Waals surface area contributed by atoms with Gasteiger partial charge in [-0.15, -0.1) is 0 Å². The number of aromatic nitrogens is 4. The third-order valence-corrected chi connectivity index (χ3v) is 4.91. The molecule has 0 aliphatic rings. The molecular formula is C15H18N6O2S. The molecule has 9 heteroatoms. The van der Waals surface area contributed by atoms with Gasteiger partial charge >= 0.3 is 0 Å². The molecule has 0 bridgehead atoms. The lowest BCUT2D eigenvalue weighted by Gasteiger charge is -2.10. The Bertz CT molecular complexity index is 950. The molecule has 0 radical (unpaired) electrons. The van der Waals surface area contributed by atoms with E-state index in [9.17, 15) is 8.42 Å². The van der Waals surface area contributed by atoms with Gasteiger partial charge in [0, 0.05) is 24.8 Å². The summed E-state index contributed by atoms with van der Waals surface area (Å²) >= 11 is 0. The molecule has 0 spiro atoms. The molecule has 1 aromatic carbocycles. The van der Waals surface area contributed by atoms with Crippen LogP contribution in [0.1, 0.15) is 11.3 Å². The third-order valence-electron chi connectivity index (χ3n) is 3.43. The zero-order valence-corrected chi connectivity index (χ0v) is 14.2. The molecule has 8 nitrogen and oxygen atoms in total. The minimum Gasteiger partial charge on any atom is -0.369 e. The molecule has 2 heterocycles. The fraction of sp³-hybridized carbons (Fsp3) is 0.267. The van der Waals surface area contributed by atoms with Crippen LogP contribution >= 0.6 is 0 Å². The van der Waals surface area contributed by atoms with Crippen LogP contribution in [0, 0.1) is 13.8 Å². The lowest BCUT2D eigenvalue weighted by Crippen LogP contribution is -2.29. The van der Waals surface area contributed by atoms with Crippen LogP contribution in [0.25, 0.3) is 5.78 Å². The van der Waals surface area contributed by atoms with Crippen molar-refractivity contribution >= 4 is 21.6 Å². The first-order chi connectivity index (χ1) is 11.5. The van der Waals surface area contributed by atoms with Gasteiger partial charge in [0.15, 0.2) is 0 Å². The summed E-state index contributed by atoms with van der Waals surface area (Å²) in [5.74, 6) is 1.21. The lowest BCUT2D eigenvalue weighted by molar-refractivity contribution is 0.583. The molecule has 2 N–H and O–H groups in total. The van der Waals surface area contributed by atoms with E-state index in [4.69, 9.17) is 0 Å². The zero-order chi connectivity index (χ0) is 17.2. The highest BCUT2D eigenvalue weighted by molar-refractivity contribution is 7.89. The second-order valence-corrected chi connectivity index (χ2v) is 7.16. The summed E-state index contributed by atoms with van der Waals surface area (Å²) in [6.07, 6.45) is 1.42. The van der Waals surface area contributed by atoms with Crippen LogP contribution in [0.2, 0.25) is 0 Å². The molecule has 0 atom stereocenters. The van der Waals surface area contributed by atoms with Gasteiger partial charge in [0.2, 0.25) is 10.0 Å². The quantitative estimate of drug-likeness (QED) is 0.649. The molecule has 0 amide bonds. The largest absolute Gasteiger partial charge is 0.369 e. The number of fused-ring (bicyclic) bond motifs is 1. The molecule has 0 unspecified atom stereocenters. The van der Waals surface area contributed by atoms with Crippen molar-refractivity contribution < 1.29 is 8.42 Å². The maximum Gasteiger partial charge on any atom is 0.254 e. The number of hydrogen-bond donors (Lipinski definition) is 2. The van der Waals surface area contributed by atoms with Crippen LogP contribution in [0.5, 0.6) is 0 Å². The maximum absolute atomic E-state index is 12.2. The summed E-state index contributed by atoms with van der Waals surface area (Å²) in [5.41, 5.74) is 1.82. The van der Waals surface area contributed by atoms with Crippen molar-refractivity contribution in [3.8, 4) is 0 Å². The highest BCUT2D eigenvalue weighted by atomic mass is 32.2. The molecule has 0 aliphatic heterocycles. The summed E-state index contributed by atoms with van der Waals surface area (Å²) < 4.78 is 28.5. The van der Waals surface area contributed by atoms with Crippen LogP contribution in [0.4, 0.5) is 5.82 Å².